The van der Waals surface area contributed by atoms with Crippen LogP contribution in [0.1, 0.15) is 13.3 Å². The van der Waals surface area contributed by atoms with E-state index in [1.807, 2.05) is 30.0 Å². The van der Waals surface area contributed by atoms with Crippen molar-refractivity contribution in [3.8, 4) is 5.75 Å². The maximum atomic E-state index is 5.82. The average molecular weight is 254 g/mol. The number of hydrogen-bond donors (Lipinski definition) is 1. The Morgan fingerprint density at radius 2 is 2.18 bits per heavy atom. The van der Waals surface area contributed by atoms with Gasteiger partial charge in [-0.15, -0.1) is 0 Å². The second-order valence-electron chi connectivity index (χ2n) is 4.05. The molecule has 0 aliphatic carbocycles. The molecule has 17 heavy (non-hydrogen) atoms. The highest BCUT2D eigenvalue weighted by Gasteiger charge is 2.13. The number of benzene rings is 1. The lowest BCUT2D eigenvalue weighted by molar-refractivity contribution is 0.417. The van der Waals surface area contributed by atoms with Crippen molar-refractivity contribution >= 4 is 23.1 Å². The molecule has 0 saturated heterocycles. The highest BCUT2D eigenvalue weighted by molar-refractivity contribution is 7.98. The van der Waals surface area contributed by atoms with Gasteiger partial charge in [0.2, 0.25) is 0 Å². The van der Waals surface area contributed by atoms with Crippen LogP contribution < -0.4 is 15.4 Å². The van der Waals surface area contributed by atoms with Crippen molar-refractivity contribution in [3.63, 3.8) is 0 Å². The number of nitrogen functional groups attached to an aromatic ring is 1. The number of methoxy groups -OCH3 is 1. The third-order valence-electron chi connectivity index (χ3n) is 3.00. The number of nitrogens with zero attached hydrogens (tertiary/aromatic N) is 1. The highest BCUT2D eigenvalue weighted by atomic mass is 32.2. The van der Waals surface area contributed by atoms with Gasteiger partial charge in [-0.3, -0.25) is 0 Å². The molecule has 0 heterocycles. The molecule has 1 rings (SSSR count). The predicted molar refractivity (Wildman–Crippen MR) is 78.3 cm³/mol. The minimum absolute atomic E-state index is 0.540. The Balaban J connectivity index is 2.90. The van der Waals surface area contributed by atoms with Gasteiger partial charge >= 0.3 is 0 Å². The van der Waals surface area contributed by atoms with Gasteiger partial charge < -0.3 is 15.4 Å². The van der Waals surface area contributed by atoms with E-state index in [1.165, 1.54) is 0 Å². The van der Waals surface area contributed by atoms with E-state index in [1.54, 1.807) is 7.11 Å². The van der Waals surface area contributed by atoms with Crippen molar-refractivity contribution in [2.75, 3.05) is 36.8 Å². The number of rotatable bonds is 6. The van der Waals surface area contributed by atoms with Crippen LogP contribution in [0.5, 0.6) is 5.75 Å². The molecule has 0 aromatic heterocycles. The first-order valence-electron chi connectivity index (χ1n) is 5.79. The molecule has 0 saturated carbocycles. The molecule has 4 heteroatoms. The fourth-order valence-corrected chi connectivity index (χ4v) is 2.67. The summed E-state index contributed by atoms with van der Waals surface area (Å²) in [6.07, 6.45) is 3.27. The van der Waals surface area contributed by atoms with Crippen LogP contribution in [0.25, 0.3) is 0 Å². The van der Waals surface area contributed by atoms with Crippen LogP contribution in [-0.2, 0) is 0 Å². The second-order valence-corrected chi connectivity index (χ2v) is 4.97. The Bertz CT molecular complexity index is 357. The summed E-state index contributed by atoms with van der Waals surface area (Å²) in [5, 5.41) is 0. The van der Waals surface area contributed by atoms with Gasteiger partial charge in [0.15, 0.2) is 0 Å². The molecule has 0 spiro atoms. The fraction of sp³-hybridized carbons (Fsp3) is 0.538. The summed E-state index contributed by atoms with van der Waals surface area (Å²) in [5.74, 6) is 1.87. The first-order chi connectivity index (χ1) is 8.13. The third kappa shape index (κ3) is 3.46. The monoisotopic (exact) mass is 254 g/mol. The van der Waals surface area contributed by atoms with Crippen LogP contribution >= 0.6 is 11.8 Å². The molecule has 0 aliphatic rings. The van der Waals surface area contributed by atoms with Gasteiger partial charge in [-0.1, -0.05) is 6.92 Å². The lowest BCUT2D eigenvalue weighted by Crippen LogP contribution is -2.33. The zero-order valence-corrected chi connectivity index (χ0v) is 11.9. The molecule has 0 bridgehead atoms. The molecule has 1 aromatic rings. The van der Waals surface area contributed by atoms with Crippen LogP contribution in [0.4, 0.5) is 11.4 Å². The molecule has 0 aliphatic heterocycles. The smallest absolute Gasteiger partial charge is 0.143 e. The van der Waals surface area contributed by atoms with Gasteiger partial charge in [0.05, 0.1) is 12.8 Å². The molecule has 1 unspecified atom stereocenters. The zero-order valence-electron chi connectivity index (χ0n) is 11.1. The van der Waals surface area contributed by atoms with Crippen molar-refractivity contribution in [1.82, 2.24) is 0 Å². The van der Waals surface area contributed by atoms with Gasteiger partial charge in [-0.05, 0) is 24.8 Å². The lowest BCUT2D eigenvalue weighted by atomic mass is 10.2. The number of ether oxygens (including phenoxy) is 1. The Kier molecular flexibility index (Phi) is 5.48. The largest absolute Gasteiger partial charge is 0.495 e. The van der Waals surface area contributed by atoms with Crippen LogP contribution in [0, 0.1) is 0 Å². The molecular formula is C13H22N2OS. The van der Waals surface area contributed by atoms with Crippen LogP contribution in [0.3, 0.4) is 0 Å². The lowest BCUT2D eigenvalue weighted by Gasteiger charge is -2.29. The van der Waals surface area contributed by atoms with Crippen LogP contribution in [0.2, 0.25) is 0 Å². The van der Waals surface area contributed by atoms with Crippen molar-refractivity contribution in [3.05, 3.63) is 18.2 Å². The fourth-order valence-electron chi connectivity index (χ4n) is 1.83. The van der Waals surface area contributed by atoms with Gasteiger partial charge in [-0.2, -0.15) is 11.8 Å². The first kappa shape index (κ1) is 14.0. The van der Waals surface area contributed by atoms with E-state index in [-0.39, 0.29) is 0 Å². The standard InChI is InChI=1S/C13H22N2OS/c1-5-10(9-17-4)15(2)11-6-7-12(14)13(8-11)16-3/h6-8,10H,5,9,14H2,1-4H3. The van der Waals surface area contributed by atoms with Gasteiger partial charge in [0.1, 0.15) is 5.75 Å². The van der Waals surface area contributed by atoms with Crippen LogP contribution in [-0.4, -0.2) is 32.2 Å². The molecule has 96 valence electrons. The average Bonchev–Trinajstić information content (AvgIpc) is 2.35. The molecular weight excluding hydrogens is 232 g/mol. The van der Waals surface area contributed by atoms with E-state index in [0.29, 0.717) is 11.7 Å². The van der Waals surface area contributed by atoms with Gasteiger partial charge in [-0.25, -0.2) is 0 Å². The topological polar surface area (TPSA) is 38.5 Å². The minimum atomic E-state index is 0.540. The molecule has 0 radical (unpaired) electrons. The van der Waals surface area contributed by atoms with Gasteiger partial charge in [0.25, 0.3) is 0 Å². The molecule has 1 aromatic carbocycles. The Hall–Kier alpha value is -1.03. The Morgan fingerprint density at radius 1 is 1.47 bits per heavy atom. The summed E-state index contributed by atoms with van der Waals surface area (Å²) in [6.45, 7) is 2.21. The SMILES string of the molecule is CCC(CSC)N(C)c1ccc(N)c(OC)c1. The first-order valence-corrected chi connectivity index (χ1v) is 7.18. The van der Waals surface area contributed by atoms with E-state index in [9.17, 15) is 0 Å². The van der Waals surface area contributed by atoms with E-state index in [4.69, 9.17) is 10.5 Å². The number of anilines is 2. The van der Waals surface area contributed by atoms with Crippen molar-refractivity contribution in [2.45, 2.75) is 19.4 Å². The summed E-state index contributed by atoms with van der Waals surface area (Å²) < 4.78 is 5.25. The maximum Gasteiger partial charge on any atom is 0.143 e. The number of hydrogen-bond acceptors (Lipinski definition) is 4. The quantitative estimate of drug-likeness (QED) is 0.792. The minimum Gasteiger partial charge on any atom is -0.495 e. The van der Waals surface area contributed by atoms with E-state index in [2.05, 4.69) is 25.1 Å². The van der Waals surface area contributed by atoms with E-state index in [0.717, 1.165) is 23.6 Å². The number of nitrogens with two attached hydrogens (primary N) is 1. The zero-order chi connectivity index (χ0) is 12.8. The number of thioether (sulfide) groups is 1. The van der Waals surface area contributed by atoms with E-state index >= 15 is 0 Å². The van der Waals surface area contributed by atoms with Crippen molar-refractivity contribution in [2.24, 2.45) is 0 Å². The molecule has 2 N–H and O–H groups in total. The normalized spacial score (nSPS) is 12.2. The summed E-state index contributed by atoms with van der Waals surface area (Å²) in [4.78, 5) is 2.29. The highest BCUT2D eigenvalue weighted by Crippen LogP contribution is 2.28. The van der Waals surface area contributed by atoms with Crippen LogP contribution in [0.15, 0.2) is 18.2 Å². The predicted octanol–water partition coefficient (Wildman–Crippen LogP) is 2.86. The second kappa shape index (κ2) is 6.64. The molecule has 0 fully saturated rings. The summed E-state index contributed by atoms with van der Waals surface area (Å²) in [6, 6.07) is 6.48. The van der Waals surface area contributed by atoms with Crippen molar-refractivity contribution in [1.29, 1.82) is 0 Å². The maximum absolute atomic E-state index is 5.82. The van der Waals surface area contributed by atoms with Gasteiger partial charge in [0, 0.05) is 30.6 Å². The Labute approximate surface area is 108 Å². The summed E-state index contributed by atoms with van der Waals surface area (Å²) in [5.41, 5.74) is 7.65. The summed E-state index contributed by atoms with van der Waals surface area (Å²) >= 11 is 1.87. The summed E-state index contributed by atoms with van der Waals surface area (Å²) in [7, 11) is 3.77. The molecule has 1 atom stereocenters. The molecule has 3 nitrogen and oxygen atoms in total. The van der Waals surface area contributed by atoms with E-state index < -0.39 is 0 Å². The Morgan fingerprint density at radius 3 is 2.71 bits per heavy atom. The van der Waals surface area contributed by atoms with Crippen molar-refractivity contribution < 1.29 is 4.74 Å². The third-order valence-corrected chi connectivity index (χ3v) is 3.72. The molecule has 0 amide bonds.